The minimum absolute atomic E-state index is 0.0576. The second kappa shape index (κ2) is 8.08. The number of Topliss-reactive ketones (excluding diaryl/α,β-unsaturated/α-hetero) is 1. The van der Waals surface area contributed by atoms with E-state index in [-0.39, 0.29) is 23.4 Å². The van der Waals surface area contributed by atoms with Crippen molar-refractivity contribution in [2.24, 2.45) is 0 Å². The normalized spacial score (nSPS) is 18.1. The number of aliphatic hydroxyl groups is 1. The quantitative estimate of drug-likeness (QED) is 0.382. The molecule has 5 nitrogen and oxygen atoms in total. The van der Waals surface area contributed by atoms with Crippen LogP contribution in [0.15, 0.2) is 78.6 Å². The molecule has 1 aromatic heterocycles. The Morgan fingerprint density at radius 1 is 1.07 bits per heavy atom. The molecule has 1 atom stereocenters. The summed E-state index contributed by atoms with van der Waals surface area (Å²) in [6, 6.07) is 14.5. The van der Waals surface area contributed by atoms with Crippen LogP contribution in [0.25, 0.3) is 5.76 Å². The topological polar surface area (TPSA) is 70.5 Å². The van der Waals surface area contributed by atoms with Gasteiger partial charge in [0.25, 0.3) is 11.7 Å². The minimum atomic E-state index is -0.826. The molecule has 7 heteroatoms. The molecule has 1 N–H and O–H groups in total. The van der Waals surface area contributed by atoms with Crippen molar-refractivity contribution in [2.45, 2.75) is 12.6 Å². The third kappa shape index (κ3) is 3.69. The maximum Gasteiger partial charge on any atom is 0.295 e. The predicted molar refractivity (Wildman–Crippen MR) is 110 cm³/mol. The van der Waals surface area contributed by atoms with Crippen molar-refractivity contribution in [3.63, 3.8) is 0 Å². The van der Waals surface area contributed by atoms with Gasteiger partial charge in [0.1, 0.15) is 11.6 Å². The van der Waals surface area contributed by atoms with E-state index in [1.807, 2.05) is 0 Å². The highest BCUT2D eigenvalue weighted by molar-refractivity contribution is 6.46. The lowest BCUT2D eigenvalue weighted by atomic mass is 9.95. The second-order valence-corrected chi connectivity index (χ2v) is 7.28. The summed E-state index contributed by atoms with van der Waals surface area (Å²) in [5.74, 6) is -2.37. The first-order valence-corrected chi connectivity index (χ1v) is 9.52. The Bertz CT molecular complexity index is 1130. The zero-order valence-corrected chi connectivity index (χ0v) is 16.4. The van der Waals surface area contributed by atoms with E-state index in [1.54, 1.807) is 48.8 Å². The molecule has 1 fully saturated rings. The van der Waals surface area contributed by atoms with Crippen molar-refractivity contribution in [3.05, 3.63) is 106 Å². The van der Waals surface area contributed by atoms with Gasteiger partial charge in [-0.15, -0.1) is 0 Å². The summed E-state index contributed by atoms with van der Waals surface area (Å²) in [7, 11) is 0. The van der Waals surface area contributed by atoms with Crippen molar-refractivity contribution in [1.29, 1.82) is 0 Å². The second-order valence-electron chi connectivity index (χ2n) is 6.85. The summed E-state index contributed by atoms with van der Waals surface area (Å²) in [4.78, 5) is 31.2. The molecule has 1 saturated heterocycles. The fourth-order valence-corrected chi connectivity index (χ4v) is 3.61. The van der Waals surface area contributed by atoms with E-state index in [9.17, 15) is 19.1 Å². The number of aromatic nitrogens is 1. The van der Waals surface area contributed by atoms with Crippen LogP contribution in [0.4, 0.5) is 4.39 Å². The third-order valence-corrected chi connectivity index (χ3v) is 5.17. The summed E-state index contributed by atoms with van der Waals surface area (Å²) >= 11 is 6.00. The molecule has 0 aliphatic carbocycles. The van der Waals surface area contributed by atoms with E-state index in [0.29, 0.717) is 10.6 Å². The number of pyridine rings is 1. The molecule has 0 bridgehead atoms. The van der Waals surface area contributed by atoms with Crippen LogP contribution in [0.3, 0.4) is 0 Å². The SMILES string of the molecule is O=C1C(=O)N(Cc2cccnc2)C(c2ccc(Cl)cc2)/C1=C(\O)c1ccc(F)cc1. The van der Waals surface area contributed by atoms with Gasteiger partial charge in [-0.1, -0.05) is 29.8 Å². The Morgan fingerprint density at radius 3 is 2.40 bits per heavy atom. The van der Waals surface area contributed by atoms with Crippen molar-refractivity contribution < 1.29 is 19.1 Å². The van der Waals surface area contributed by atoms with Crippen LogP contribution >= 0.6 is 11.6 Å². The zero-order chi connectivity index (χ0) is 21.3. The summed E-state index contributed by atoms with van der Waals surface area (Å²) in [5.41, 5.74) is 1.54. The molecule has 3 aromatic rings. The maximum absolute atomic E-state index is 13.3. The largest absolute Gasteiger partial charge is 0.507 e. The monoisotopic (exact) mass is 422 g/mol. The van der Waals surface area contributed by atoms with E-state index in [4.69, 9.17) is 11.6 Å². The summed E-state index contributed by atoms with van der Waals surface area (Å²) < 4.78 is 13.3. The van der Waals surface area contributed by atoms with Crippen LogP contribution in [0.1, 0.15) is 22.7 Å². The molecule has 150 valence electrons. The number of hydrogen-bond acceptors (Lipinski definition) is 4. The van der Waals surface area contributed by atoms with E-state index in [1.165, 1.54) is 29.2 Å². The molecular weight excluding hydrogens is 407 g/mol. The minimum Gasteiger partial charge on any atom is -0.507 e. The fourth-order valence-electron chi connectivity index (χ4n) is 3.49. The van der Waals surface area contributed by atoms with Crippen LogP contribution in [-0.4, -0.2) is 26.7 Å². The number of halogens is 2. The average molecular weight is 423 g/mol. The van der Waals surface area contributed by atoms with E-state index >= 15 is 0 Å². The summed E-state index contributed by atoms with van der Waals surface area (Å²) in [6.45, 7) is 0.131. The van der Waals surface area contributed by atoms with Gasteiger partial charge in [0.15, 0.2) is 0 Å². The molecule has 1 aliphatic heterocycles. The van der Waals surface area contributed by atoms with Crippen LogP contribution in [-0.2, 0) is 16.1 Å². The highest BCUT2D eigenvalue weighted by atomic mass is 35.5. The molecule has 1 aliphatic rings. The first-order valence-electron chi connectivity index (χ1n) is 9.14. The molecule has 0 spiro atoms. The number of benzene rings is 2. The van der Waals surface area contributed by atoms with Gasteiger partial charge in [0, 0.05) is 29.5 Å². The lowest BCUT2D eigenvalue weighted by Gasteiger charge is -2.25. The Balaban J connectivity index is 1.85. The Labute approximate surface area is 177 Å². The maximum atomic E-state index is 13.3. The van der Waals surface area contributed by atoms with Crippen LogP contribution < -0.4 is 0 Å². The number of likely N-dealkylation sites (tertiary alicyclic amines) is 1. The van der Waals surface area contributed by atoms with Crippen molar-refractivity contribution in [3.8, 4) is 0 Å². The fraction of sp³-hybridized carbons (Fsp3) is 0.0870. The molecule has 1 unspecified atom stereocenters. The highest BCUT2D eigenvalue weighted by Crippen LogP contribution is 2.40. The average Bonchev–Trinajstić information content (AvgIpc) is 3.00. The van der Waals surface area contributed by atoms with Gasteiger partial charge in [-0.2, -0.15) is 0 Å². The lowest BCUT2D eigenvalue weighted by molar-refractivity contribution is -0.140. The molecule has 4 rings (SSSR count). The Hall–Kier alpha value is -3.51. The van der Waals surface area contributed by atoms with Gasteiger partial charge in [-0.25, -0.2) is 4.39 Å². The van der Waals surface area contributed by atoms with Gasteiger partial charge >= 0.3 is 0 Å². The molecule has 0 radical (unpaired) electrons. The third-order valence-electron chi connectivity index (χ3n) is 4.92. The molecular formula is C23H16ClFN2O3. The number of ketones is 1. The predicted octanol–water partition coefficient (Wildman–Crippen LogP) is 4.50. The van der Waals surface area contributed by atoms with Crippen LogP contribution in [0, 0.1) is 5.82 Å². The summed E-state index contributed by atoms with van der Waals surface area (Å²) in [5, 5.41) is 11.4. The zero-order valence-electron chi connectivity index (χ0n) is 15.6. The molecule has 1 amide bonds. The Morgan fingerprint density at radius 2 is 1.77 bits per heavy atom. The van der Waals surface area contributed by atoms with Crippen molar-refractivity contribution in [2.75, 3.05) is 0 Å². The lowest BCUT2D eigenvalue weighted by Crippen LogP contribution is -2.29. The van der Waals surface area contributed by atoms with Gasteiger partial charge in [0.2, 0.25) is 0 Å². The van der Waals surface area contributed by atoms with Crippen molar-refractivity contribution in [1.82, 2.24) is 9.88 Å². The number of amides is 1. The smallest absolute Gasteiger partial charge is 0.295 e. The van der Waals surface area contributed by atoms with Crippen LogP contribution in [0.5, 0.6) is 0 Å². The summed E-state index contributed by atoms with van der Waals surface area (Å²) in [6.07, 6.45) is 3.22. The molecule has 2 aromatic carbocycles. The number of rotatable bonds is 4. The Kier molecular flexibility index (Phi) is 5.33. The highest BCUT2D eigenvalue weighted by Gasteiger charge is 2.46. The number of carbonyl (C=O) groups excluding carboxylic acids is 2. The molecule has 0 saturated carbocycles. The van der Waals surface area contributed by atoms with Gasteiger partial charge < -0.3 is 10.0 Å². The van der Waals surface area contributed by atoms with Gasteiger partial charge in [-0.3, -0.25) is 14.6 Å². The van der Waals surface area contributed by atoms with E-state index < -0.39 is 23.5 Å². The van der Waals surface area contributed by atoms with Crippen molar-refractivity contribution >= 4 is 29.1 Å². The molecule has 2 heterocycles. The van der Waals surface area contributed by atoms with Gasteiger partial charge in [0.05, 0.1) is 11.6 Å². The molecule has 30 heavy (non-hydrogen) atoms. The van der Waals surface area contributed by atoms with E-state index in [2.05, 4.69) is 4.98 Å². The number of nitrogens with zero attached hydrogens (tertiary/aromatic N) is 2. The van der Waals surface area contributed by atoms with E-state index in [0.717, 1.165) is 5.56 Å². The first kappa shape index (κ1) is 19.8. The number of hydrogen-bond donors (Lipinski definition) is 1. The van der Waals surface area contributed by atoms with Gasteiger partial charge in [-0.05, 0) is 53.6 Å². The standard InChI is InChI=1S/C23H16ClFN2O3/c24-17-7-3-15(4-8-17)20-19(21(28)16-5-9-18(25)10-6-16)22(29)23(30)27(20)13-14-2-1-11-26-12-14/h1-12,20,28H,13H2/b21-19+. The number of aliphatic hydroxyl groups excluding tert-OH is 1. The first-order chi connectivity index (χ1) is 14.5. The number of carbonyl (C=O) groups is 2. The van der Waals surface area contributed by atoms with Crippen LogP contribution in [0.2, 0.25) is 5.02 Å².